The van der Waals surface area contributed by atoms with Crippen molar-refractivity contribution >= 4 is 11.7 Å². The number of carbonyl (C=O) groups is 1. The molecule has 5 nitrogen and oxygen atoms in total. The average molecular weight is 239 g/mol. The van der Waals surface area contributed by atoms with Crippen molar-refractivity contribution in [2.24, 2.45) is 0 Å². The Kier molecular flexibility index (Phi) is 4.78. The summed E-state index contributed by atoms with van der Waals surface area (Å²) < 4.78 is 15.0. The van der Waals surface area contributed by atoms with Gasteiger partial charge in [-0.25, -0.2) is 4.79 Å². The minimum Gasteiger partial charge on any atom is -0.491 e. The molecular weight excluding hydrogens is 222 g/mol. The maximum absolute atomic E-state index is 11.4. The molecule has 2 N–H and O–H groups in total. The Bertz CT molecular complexity index is 404. The molecule has 0 fully saturated rings. The number of rotatable bonds is 5. The number of ether oxygens (including phenoxy) is 3. The van der Waals surface area contributed by atoms with Crippen molar-refractivity contribution in [2.75, 3.05) is 33.2 Å². The van der Waals surface area contributed by atoms with Crippen molar-refractivity contribution in [2.45, 2.75) is 6.92 Å². The predicted octanol–water partition coefficient (Wildman–Crippen LogP) is 1.39. The molecule has 0 amide bonds. The largest absolute Gasteiger partial charge is 0.491 e. The van der Waals surface area contributed by atoms with Gasteiger partial charge in [-0.1, -0.05) is 0 Å². The maximum atomic E-state index is 11.4. The number of nitrogens with two attached hydrogens (primary N) is 1. The van der Waals surface area contributed by atoms with Gasteiger partial charge >= 0.3 is 5.97 Å². The van der Waals surface area contributed by atoms with Crippen LogP contribution in [0.25, 0.3) is 0 Å². The fraction of sp³-hybridized carbons (Fsp3) is 0.417. The van der Waals surface area contributed by atoms with Crippen LogP contribution in [-0.4, -0.2) is 33.4 Å². The molecule has 0 heterocycles. The Morgan fingerprint density at radius 2 is 2.00 bits per heavy atom. The van der Waals surface area contributed by atoms with Gasteiger partial charge in [0.1, 0.15) is 12.4 Å². The summed E-state index contributed by atoms with van der Waals surface area (Å²) >= 11 is 0. The number of esters is 1. The van der Waals surface area contributed by atoms with Gasteiger partial charge in [0.15, 0.2) is 0 Å². The van der Waals surface area contributed by atoms with Crippen LogP contribution in [0.15, 0.2) is 12.1 Å². The molecule has 0 radical (unpaired) electrons. The monoisotopic (exact) mass is 239 g/mol. The summed E-state index contributed by atoms with van der Waals surface area (Å²) in [4.78, 5) is 11.4. The summed E-state index contributed by atoms with van der Waals surface area (Å²) in [6.07, 6.45) is 0. The van der Waals surface area contributed by atoms with Crippen LogP contribution in [0.2, 0.25) is 0 Å². The first-order valence-electron chi connectivity index (χ1n) is 5.20. The minimum atomic E-state index is -0.437. The first-order chi connectivity index (χ1) is 8.10. The third-order valence-corrected chi connectivity index (χ3v) is 2.37. The second-order valence-electron chi connectivity index (χ2n) is 3.52. The Balaban J connectivity index is 2.94. The fourth-order valence-electron chi connectivity index (χ4n) is 1.33. The molecule has 0 aromatic heterocycles. The Labute approximate surface area is 100 Å². The molecule has 0 unspecified atom stereocenters. The normalized spacial score (nSPS) is 10.1. The third-order valence-electron chi connectivity index (χ3n) is 2.37. The quantitative estimate of drug-likeness (QED) is 0.477. The highest BCUT2D eigenvalue weighted by Gasteiger charge is 2.12. The number of hydrogen-bond donors (Lipinski definition) is 1. The molecular formula is C12H17NO4. The van der Waals surface area contributed by atoms with Crippen molar-refractivity contribution in [1.82, 2.24) is 0 Å². The lowest BCUT2D eigenvalue weighted by Gasteiger charge is -2.12. The molecule has 0 bridgehead atoms. The van der Waals surface area contributed by atoms with Gasteiger partial charge in [-0.3, -0.25) is 0 Å². The van der Waals surface area contributed by atoms with Gasteiger partial charge in [0.25, 0.3) is 0 Å². The lowest BCUT2D eigenvalue weighted by molar-refractivity contribution is 0.0600. The zero-order valence-electron chi connectivity index (χ0n) is 10.3. The lowest BCUT2D eigenvalue weighted by Crippen LogP contribution is -2.08. The topological polar surface area (TPSA) is 70.8 Å². The summed E-state index contributed by atoms with van der Waals surface area (Å²) in [5.41, 5.74) is 7.48. The number of anilines is 1. The molecule has 1 rings (SSSR count). The van der Waals surface area contributed by atoms with Crippen molar-refractivity contribution < 1.29 is 19.0 Å². The fourth-order valence-corrected chi connectivity index (χ4v) is 1.33. The standard InChI is InChI=1S/C12H17NO4/c1-8-10(13)6-9(12(14)16-3)7-11(8)17-5-4-15-2/h6-7H,4-5,13H2,1-3H3. The van der Waals surface area contributed by atoms with Crippen LogP contribution < -0.4 is 10.5 Å². The number of nitrogen functional groups attached to an aromatic ring is 1. The van der Waals surface area contributed by atoms with Crippen molar-refractivity contribution in [3.63, 3.8) is 0 Å². The van der Waals surface area contributed by atoms with E-state index in [0.717, 1.165) is 5.56 Å². The highest BCUT2D eigenvalue weighted by atomic mass is 16.5. The van der Waals surface area contributed by atoms with E-state index < -0.39 is 5.97 Å². The van der Waals surface area contributed by atoms with Crippen LogP contribution in [-0.2, 0) is 9.47 Å². The van der Waals surface area contributed by atoms with Gasteiger partial charge in [0, 0.05) is 18.4 Å². The lowest BCUT2D eigenvalue weighted by atomic mass is 10.1. The Morgan fingerprint density at radius 1 is 1.29 bits per heavy atom. The van der Waals surface area contributed by atoms with E-state index in [0.29, 0.717) is 30.2 Å². The number of carbonyl (C=O) groups excluding carboxylic acids is 1. The van der Waals surface area contributed by atoms with E-state index in [2.05, 4.69) is 4.74 Å². The smallest absolute Gasteiger partial charge is 0.338 e. The molecule has 0 atom stereocenters. The SMILES string of the molecule is COCCOc1cc(C(=O)OC)cc(N)c1C. The molecule has 0 spiro atoms. The molecule has 0 aliphatic heterocycles. The molecule has 0 aliphatic rings. The molecule has 94 valence electrons. The van der Waals surface area contributed by atoms with Gasteiger partial charge < -0.3 is 19.9 Å². The highest BCUT2D eigenvalue weighted by Crippen LogP contribution is 2.26. The highest BCUT2D eigenvalue weighted by molar-refractivity contribution is 5.91. The zero-order chi connectivity index (χ0) is 12.8. The second-order valence-corrected chi connectivity index (χ2v) is 3.52. The van der Waals surface area contributed by atoms with Gasteiger partial charge in [-0.15, -0.1) is 0 Å². The molecule has 5 heteroatoms. The molecule has 0 saturated heterocycles. The van der Waals surface area contributed by atoms with Gasteiger partial charge in [0.05, 0.1) is 19.3 Å². The molecule has 1 aromatic carbocycles. The van der Waals surface area contributed by atoms with E-state index in [1.54, 1.807) is 19.2 Å². The minimum absolute atomic E-state index is 0.378. The van der Waals surface area contributed by atoms with Crippen molar-refractivity contribution in [1.29, 1.82) is 0 Å². The summed E-state index contributed by atoms with van der Waals surface area (Å²) in [5.74, 6) is 0.135. The first-order valence-corrected chi connectivity index (χ1v) is 5.20. The number of methoxy groups -OCH3 is 2. The Hall–Kier alpha value is -1.75. The van der Waals surface area contributed by atoms with E-state index >= 15 is 0 Å². The molecule has 17 heavy (non-hydrogen) atoms. The third kappa shape index (κ3) is 3.35. The summed E-state index contributed by atoms with van der Waals surface area (Å²) in [6, 6.07) is 3.19. The van der Waals surface area contributed by atoms with E-state index in [1.807, 2.05) is 6.92 Å². The van der Waals surface area contributed by atoms with Crippen LogP contribution in [0, 0.1) is 6.92 Å². The summed E-state index contributed by atoms with van der Waals surface area (Å²) in [5, 5.41) is 0. The average Bonchev–Trinajstić information content (AvgIpc) is 2.33. The van der Waals surface area contributed by atoms with Crippen LogP contribution >= 0.6 is 0 Å². The van der Waals surface area contributed by atoms with Gasteiger partial charge in [-0.05, 0) is 19.1 Å². The van der Waals surface area contributed by atoms with Crippen LogP contribution in [0.3, 0.4) is 0 Å². The zero-order valence-corrected chi connectivity index (χ0v) is 10.3. The van der Waals surface area contributed by atoms with E-state index in [9.17, 15) is 4.79 Å². The van der Waals surface area contributed by atoms with E-state index in [4.69, 9.17) is 15.2 Å². The van der Waals surface area contributed by atoms with Crippen LogP contribution in [0.4, 0.5) is 5.69 Å². The predicted molar refractivity (Wildman–Crippen MR) is 64.3 cm³/mol. The number of benzene rings is 1. The Morgan fingerprint density at radius 3 is 2.59 bits per heavy atom. The maximum Gasteiger partial charge on any atom is 0.338 e. The molecule has 1 aromatic rings. The summed E-state index contributed by atoms with van der Waals surface area (Å²) in [7, 11) is 2.92. The first kappa shape index (κ1) is 13.3. The van der Waals surface area contributed by atoms with E-state index in [1.165, 1.54) is 7.11 Å². The number of hydrogen-bond acceptors (Lipinski definition) is 5. The summed E-state index contributed by atoms with van der Waals surface area (Å²) in [6.45, 7) is 2.71. The van der Waals surface area contributed by atoms with Crippen LogP contribution in [0.1, 0.15) is 15.9 Å². The van der Waals surface area contributed by atoms with Gasteiger partial charge in [0.2, 0.25) is 0 Å². The molecule has 0 aliphatic carbocycles. The van der Waals surface area contributed by atoms with Crippen molar-refractivity contribution in [3.8, 4) is 5.75 Å². The van der Waals surface area contributed by atoms with Gasteiger partial charge in [-0.2, -0.15) is 0 Å². The van der Waals surface area contributed by atoms with E-state index in [-0.39, 0.29) is 0 Å². The second kappa shape index (κ2) is 6.10. The van der Waals surface area contributed by atoms with Crippen LogP contribution in [0.5, 0.6) is 5.75 Å². The van der Waals surface area contributed by atoms with Crippen molar-refractivity contribution in [3.05, 3.63) is 23.3 Å². The molecule has 0 saturated carbocycles.